The number of rotatable bonds is 4. The fourth-order valence-electron chi connectivity index (χ4n) is 1.58. The van der Waals surface area contributed by atoms with Gasteiger partial charge in [-0.15, -0.1) is 0 Å². The molecule has 2 heterocycles. The molecule has 2 rings (SSSR count). The first kappa shape index (κ1) is 14.3. The standard InChI is InChI=1S/C13H15ClN4O2/c1-4-15-10-6-5-9(14)11(16-10)12(19)17-13-7(2)8(3)18-20-13/h5-6H,4H2,1-3H3,(H,15,16)(H,17,19). The summed E-state index contributed by atoms with van der Waals surface area (Å²) < 4.78 is 5.04. The van der Waals surface area contributed by atoms with Crippen LogP contribution in [0.2, 0.25) is 5.02 Å². The fourth-order valence-corrected chi connectivity index (χ4v) is 1.77. The van der Waals surface area contributed by atoms with Gasteiger partial charge in [0.1, 0.15) is 11.5 Å². The predicted octanol–water partition coefficient (Wildman–Crippen LogP) is 3.02. The average molecular weight is 295 g/mol. The summed E-state index contributed by atoms with van der Waals surface area (Å²) in [5.41, 5.74) is 1.64. The van der Waals surface area contributed by atoms with E-state index in [4.69, 9.17) is 16.1 Å². The van der Waals surface area contributed by atoms with Crippen molar-refractivity contribution in [3.8, 4) is 0 Å². The van der Waals surface area contributed by atoms with E-state index in [-0.39, 0.29) is 10.7 Å². The molecule has 106 valence electrons. The van der Waals surface area contributed by atoms with E-state index < -0.39 is 5.91 Å². The molecule has 2 aromatic rings. The Kier molecular flexibility index (Phi) is 4.24. The van der Waals surface area contributed by atoms with Gasteiger partial charge in [-0.1, -0.05) is 16.8 Å². The van der Waals surface area contributed by atoms with E-state index in [0.717, 1.165) is 11.3 Å². The number of amides is 1. The van der Waals surface area contributed by atoms with Gasteiger partial charge in [0.25, 0.3) is 5.91 Å². The maximum absolute atomic E-state index is 12.2. The highest BCUT2D eigenvalue weighted by Crippen LogP contribution is 2.21. The molecular formula is C13H15ClN4O2. The Hall–Kier alpha value is -2.08. The Morgan fingerprint density at radius 2 is 2.15 bits per heavy atom. The second-order valence-corrected chi connectivity index (χ2v) is 4.64. The van der Waals surface area contributed by atoms with Crippen LogP contribution in [0.3, 0.4) is 0 Å². The van der Waals surface area contributed by atoms with Gasteiger partial charge in [-0.2, -0.15) is 0 Å². The molecule has 20 heavy (non-hydrogen) atoms. The molecule has 0 saturated carbocycles. The lowest BCUT2D eigenvalue weighted by molar-refractivity contribution is 0.101. The first-order valence-corrected chi connectivity index (χ1v) is 6.55. The highest BCUT2D eigenvalue weighted by Gasteiger charge is 2.17. The van der Waals surface area contributed by atoms with E-state index in [1.165, 1.54) is 0 Å². The number of nitrogens with one attached hydrogen (secondary N) is 2. The molecule has 0 spiro atoms. The van der Waals surface area contributed by atoms with Crippen molar-refractivity contribution in [3.05, 3.63) is 34.1 Å². The topological polar surface area (TPSA) is 80.0 Å². The molecule has 0 bridgehead atoms. The summed E-state index contributed by atoms with van der Waals surface area (Å²) in [4.78, 5) is 16.4. The zero-order chi connectivity index (χ0) is 14.7. The number of hydrogen-bond acceptors (Lipinski definition) is 5. The molecular weight excluding hydrogens is 280 g/mol. The summed E-state index contributed by atoms with van der Waals surface area (Å²) in [5, 5.41) is 9.69. The number of halogens is 1. The van der Waals surface area contributed by atoms with Crippen LogP contribution in [0.5, 0.6) is 0 Å². The molecule has 0 fully saturated rings. The Morgan fingerprint density at radius 1 is 1.40 bits per heavy atom. The second kappa shape index (κ2) is 5.92. The number of hydrogen-bond donors (Lipinski definition) is 2. The summed E-state index contributed by atoms with van der Waals surface area (Å²) in [6, 6.07) is 3.34. The van der Waals surface area contributed by atoms with Crippen LogP contribution in [0.4, 0.5) is 11.7 Å². The highest BCUT2D eigenvalue weighted by molar-refractivity contribution is 6.34. The van der Waals surface area contributed by atoms with Gasteiger partial charge in [0.05, 0.1) is 10.7 Å². The summed E-state index contributed by atoms with van der Waals surface area (Å²) in [6.45, 7) is 6.25. The molecule has 0 aliphatic heterocycles. The molecule has 0 aliphatic rings. The number of anilines is 2. The Balaban J connectivity index is 2.24. The second-order valence-electron chi connectivity index (χ2n) is 4.23. The van der Waals surface area contributed by atoms with Gasteiger partial charge in [0.15, 0.2) is 0 Å². The van der Waals surface area contributed by atoms with E-state index in [1.54, 1.807) is 19.1 Å². The van der Waals surface area contributed by atoms with Gasteiger partial charge in [0, 0.05) is 12.1 Å². The van der Waals surface area contributed by atoms with Gasteiger partial charge in [-0.25, -0.2) is 4.98 Å². The minimum atomic E-state index is -0.436. The van der Waals surface area contributed by atoms with Crippen molar-refractivity contribution in [1.29, 1.82) is 0 Å². The minimum Gasteiger partial charge on any atom is -0.370 e. The zero-order valence-electron chi connectivity index (χ0n) is 11.5. The predicted molar refractivity (Wildman–Crippen MR) is 77.3 cm³/mol. The van der Waals surface area contributed by atoms with Gasteiger partial charge in [-0.3, -0.25) is 10.1 Å². The number of pyridine rings is 1. The number of carbonyl (C=O) groups excluding carboxylic acids is 1. The maximum atomic E-state index is 12.2. The first-order valence-electron chi connectivity index (χ1n) is 6.17. The maximum Gasteiger partial charge on any atom is 0.278 e. The molecule has 7 heteroatoms. The Labute approximate surface area is 121 Å². The lowest BCUT2D eigenvalue weighted by Crippen LogP contribution is -2.15. The first-order chi connectivity index (χ1) is 9.52. The molecule has 0 aliphatic carbocycles. The molecule has 0 aromatic carbocycles. The molecule has 1 amide bonds. The highest BCUT2D eigenvalue weighted by atomic mass is 35.5. The van der Waals surface area contributed by atoms with E-state index in [2.05, 4.69) is 20.8 Å². The van der Waals surface area contributed by atoms with Crippen LogP contribution < -0.4 is 10.6 Å². The van der Waals surface area contributed by atoms with Crippen molar-refractivity contribution >= 4 is 29.2 Å². The molecule has 0 saturated heterocycles. The summed E-state index contributed by atoms with van der Waals surface area (Å²) >= 11 is 6.01. The van der Waals surface area contributed by atoms with E-state index >= 15 is 0 Å². The van der Waals surface area contributed by atoms with Crippen LogP contribution in [0.15, 0.2) is 16.7 Å². The van der Waals surface area contributed by atoms with Crippen LogP contribution >= 0.6 is 11.6 Å². The monoisotopic (exact) mass is 294 g/mol. The summed E-state index contributed by atoms with van der Waals surface area (Å²) in [6.07, 6.45) is 0. The van der Waals surface area contributed by atoms with Crippen LogP contribution in [0.25, 0.3) is 0 Å². The average Bonchev–Trinajstić information content (AvgIpc) is 2.73. The Bertz CT molecular complexity index is 639. The molecule has 0 radical (unpaired) electrons. The number of nitrogens with zero attached hydrogens (tertiary/aromatic N) is 2. The third kappa shape index (κ3) is 2.91. The van der Waals surface area contributed by atoms with Crippen LogP contribution in [0, 0.1) is 13.8 Å². The van der Waals surface area contributed by atoms with Gasteiger partial charge >= 0.3 is 0 Å². The fraction of sp³-hybridized carbons (Fsp3) is 0.308. The molecule has 6 nitrogen and oxygen atoms in total. The van der Waals surface area contributed by atoms with Crippen molar-refractivity contribution in [2.24, 2.45) is 0 Å². The Morgan fingerprint density at radius 3 is 2.75 bits per heavy atom. The third-order valence-electron chi connectivity index (χ3n) is 2.80. The van der Waals surface area contributed by atoms with Crippen LogP contribution in [-0.4, -0.2) is 22.6 Å². The molecule has 2 aromatic heterocycles. The molecule has 2 N–H and O–H groups in total. The number of aryl methyl sites for hydroxylation is 1. The summed E-state index contributed by atoms with van der Waals surface area (Å²) in [5.74, 6) is 0.459. The molecule has 0 atom stereocenters. The van der Waals surface area contributed by atoms with Crippen molar-refractivity contribution in [3.63, 3.8) is 0 Å². The lowest BCUT2D eigenvalue weighted by atomic mass is 10.2. The van der Waals surface area contributed by atoms with Crippen LogP contribution in [0.1, 0.15) is 28.7 Å². The van der Waals surface area contributed by atoms with E-state index in [9.17, 15) is 4.79 Å². The van der Waals surface area contributed by atoms with Crippen molar-refractivity contribution in [2.45, 2.75) is 20.8 Å². The van der Waals surface area contributed by atoms with Crippen molar-refractivity contribution < 1.29 is 9.32 Å². The van der Waals surface area contributed by atoms with Crippen molar-refractivity contribution in [2.75, 3.05) is 17.2 Å². The molecule has 0 unspecified atom stereocenters. The third-order valence-corrected chi connectivity index (χ3v) is 3.11. The SMILES string of the molecule is CCNc1ccc(Cl)c(C(=O)Nc2onc(C)c2C)n1. The number of aromatic nitrogens is 2. The smallest absolute Gasteiger partial charge is 0.278 e. The van der Waals surface area contributed by atoms with E-state index in [1.807, 2.05) is 13.8 Å². The number of carbonyl (C=O) groups is 1. The zero-order valence-corrected chi connectivity index (χ0v) is 12.2. The van der Waals surface area contributed by atoms with Gasteiger partial charge in [0.2, 0.25) is 5.88 Å². The van der Waals surface area contributed by atoms with Crippen LogP contribution in [-0.2, 0) is 0 Å². The quantitative estimate of drug-likeness (QED) is 0.906. The van der Waals surface area contributed by atoms with Crippen molar-refractivity contribution in [1.82, 2.24) is 10.1 Å². The lowest BCUT2D eigenvalue weighted by Gasteiger charge is -2.07. The largest absolute Gasteiger partial charge is 0.370 e. The normalized spacial score (nSPS) is 10.4. The van der Waals surface area contributed by atoms with E-state index in [0.29, 0.717) is 18.2 Å². The van der Waals surface area contributed by atoms with Gasteiger partial charge < -0.3 is 9.84 Å². The van der Waals surface area contributed by atoms with Gasteiger partial charge in [-0.05, 0) is 32.9 Å². The minimum absolute atomic E-state index is 0.138. The summed E-state index contributed by atoms with van der Waals surface area (Å²) in [7, 11) is 0.